The molecule has 35 heavy (non-hydrogen) atoms. The van der Waals surface area contributed by atoms with Crippen LogP contribution >= 0.6 is 0 Å². The SMILES string of the molecule is COc1ccnc(CN2CCc3c(cc(Cn4ccn(C)c4=N)cc3-c3cn(C)nc3C)C2=O)c1. The van der Waals surface area contributed by atoms with Crippen LogP contribution in [0.25, 0.3) is 11.1 Å². The molecule has 180 valence electrons. The van der Waals surface area contributed by atoms with Gasteiger partial charge in [-0.15, -0.1) is 0 Å². The van der Waals surface area contributed by atoms with Crippen molar-refractivity contribution < 1.29 is 9.53 Å². The second kappa shape index (κ2) is 8.90. The Balaban J connectivity index is 1.56. The summed E-state index contributed by atoms with van der Waals surface area (Å²) in [6.45, 7) is 3.53. The van der Waals surface area contributed by atoms with Crippen molar-refractivity contribution in [3.8, 4) is 16.9 Å². The monoisotopic (exact) mass is 471 g/mol. The number of aromatic nitrogens is 5. The Morgan fingerprint density at radius 3 is 2.57 bits per heavy atom. The smallest absolute Gasteiger partial charge is 0.254 e. The Labute approximate surface area is 203 Å². The predicted octanol–water partition coefficient (Wildman–Crippen LogP) is 2.67. The highest BCUT2D eigenvalue weighted by atomic mass is 16.5. The van der Waals surface area contributed by atoms with Crippen LogP contribution in [-0.2, 0) is 33.6 Å². The van der Waals surface area contributed by atoms with Crippen LogP contribution in [0.1, 0.15) is 32.9 Å². The summed E-state index contributed by atoms with van der Waals surface area (Å²) in [5.41, 5.74) is 6.92. The molecule has 4 aromatic rings. The molecule has 0 spiro atoms. The van der Waals surface area contributed by atoms with Crippen molar-refractivity contribution in [2.45, 2.75) is 26.4 Å². The van der Waals surface area contributed by atoms with Crippen molar-refractivity contribution in [2.24, 2.45) is 14.1 Å². The lowest BCUT2D eigenvalue weighted by atomic mass is 9.88. The van der Waals surface area contributed by atoms with Gasteiger partial charge in [0.15, 0.2) is 0 Å². The molecule has 0 bridgehead atoms. The molecule has 1 N–H and O–H groups in total. The van der Waals surface area contributed by atoms with E-state index in [0.29, 0.717) is 30.8 Å². The van der Waals surface area contributed by atoms with E-state index in [0.717, 1.165) is 45.8 Å². The van der Waals surface area contributed by atoms with Gasteiger partial charge in [0.1, 0.15) is 5.75 Å². The van der Waals surface area contributed by atoms with Gasteiger partial charge in [0, 0.05) is 62.6 Å². The topological polar surface area (TPSA) is 94.0 Å². The van der Waals surface area contributed by atoms with Gasteiger partial charge in [0.2, 0.25) is 5.62 Å². The first-order valence-electron chi connectivity index (χ1n) is 11.5. The second-order valence-corrected chi connectivity index (χ2v) is 9.00. The third kappa shape index (κ3) is 4.25. The van der Waals surface area contributed by atoms with Crippen molar-refractivity contribution in [2.75, 3.05) is 13.7 Å². The standard InChI is InChI=1S/C26H29N7O2/c1-17-24(16-31(3)29-17)22-11-18(14-33-10-9-30(2)26(33)27)12-23-21(22)6-8-32(25(23)34)15-19-13-20(35-4)5-7-28-19/h5,7,9-13,16,27H,6,8,14-15H2,1-4H3. The van der Waals surface area contributed by atoms with E-state index < -0.39 is 0 Å². The number of amides is 1. The molecule has 0 radical (unpaired) electrons. The van der Waals surface area contributed by atoms with Crippen molar-refractivity contribution in [3.63, 3.8) is 0 Å². The van der Waals surface area contributed by atoms with Crippen LogP contribution in [0.2, 0.25) is 0 Å². The molecule has 5 rings (SSSR count). The quantitative estimate of drug-likeness (QED) is 0.468. The summed E-state index contributed by atoms with van der Waals surface area (Å²) in [4.78, 5) is 20.0. The van der Waals surface area contributed by atoms with Crippen molar-refractivity contribution in [1.29, 1.82) is 5.41 Å². The number of methoxy groups -OCH3 is 1. The summed E-state index contributed by atoms with van der Waals surface area (Å²) < 4.78 is 10.8. The number of ether oxygens (including phenoxy) is 1. The van der Waals surface area contributed by atoms with Crippen LogP contribution in [0.3, 0.4) is 0 Å². The molecular weight excluding hydrogens is 442 g/mol. The highest BCUT2D eigenvalue weighted by Crippen LogP contribution is 2.34. The summed E-state index contributed by atoms with van der Waals surface area (Å²) in [6.07, 6.45) is 8.21. The molecule has 4 heterocycles. The number of nitrogens with zero attached hydrogens (tertiary/aromatic N) is 6. The van der Waals surface area contributed by atoms with E-state index in [1.54, 1.807) is 23.9 Å². The van der Waals surface area contributed by atoms with Gasteiger partial charge in [0.05, 0.1) is 31.6 Å². The molecule has 9 nitrogen and oxygen atoms in total. The summed E-state index contributed by atoms with van der Waals surface area (Å²) in [5, 5.41) is 12.9. The average molecular weight is 472 g/mol. The van der Waals surface area contributed by atoms with Gasteiger partial charge < -0.3 is 18.8 Å². The number of benzene rings is 1. The van der Waals surface area contributed by atoms with E-state index in [-0.39, 0.29) is 5.91 Å². The van der Waals surface area contributed by atoms with Crippen LogP contribution in [0.4, 0.5) is 0 Å². The molecule has 0 aliphatic carbocycles. The van der Waals surface area contributed by atoms with Crippen LogP contribution in [0.5, 0.6) is 5.75 Å². The third-order valence-electron chi connectivity index (χ3n) is 6.57. The zero-order valence-electron chi connectivity index (χ0n) is 20.4. The summed E-state index contributed by atoms with van der Waals surface area (Å²) >= 11 is 0. The summed E-state index contributed by atoms with van der Waals surface area (Å²) in [7, 11) is 5.38. The van der Waals surface area contributed by atoms with Gasteiger partial charge in [-0.1, -0.05) is 0 Å². The second-order valence-electron chi connectivity index (χ2n) is 9.00. The Kier molecular flexibility index (Phi) is 5.76. The summed E-state index contributed by atoms with van der Waals surface area (Å²) in [5.74, 6) is 0.715. The van der Waals surface area contributed by atoms with Gasteiger partial charge in [0.25, 0.3) is 5.91 Å². The Morgan fingerprint density at radius 1 is 1.09 bits per heavy atom. The maximum absolute atomic E-state index is 13.7. The average Bonchev–Trinajstić information content (AvgIpc) is 3.35. The maximum atomic E-state index is 13.7. The minimum absolute atomic E-state index is 0.00956. The van der Waals surface area contributed by atoms with Crippen molar-refractivity contribution in [1.82, 2.24) is 28.8 Å². The fourth-order valence-corrected chi connectivity index (χ4v) is 4.77. The minimum atomic E-state index is -0.00956. The molecule has 9 heteroatoms. The fourth-order valence-electron chi connectivity index (χ4n) is 4.77. The number of carbonyl (C=O) groups excluding carboxylic acids is 1. The highest BCUT2D eigenvalue weighted by Gasteiger charge is 2.28. The van der Waals surface area contributed by atoms with Crippen LogP contribution in [0.15, 0.2) is 49.1 Å². The minimum Gasteiger partial charge on any atom is -0.497 e. The number of pyridine rings is 1. The molecule has 0 saturated heterocycles. The van der Waals surface area contributed by atoms with E-state index in [2.05, 4.69) is 16.1 Å². The lowest BCUT2D eigenvalue weighted by molar-refractivity contribution is 0.0725. The molecule has 1 aliphatic heterocycles. The number of imidazole rings is 1. The van der Waals surface area contributed by atoms with Gasteiger partial charge in [-0.25, -0.2) is 0 Å². The molecule has 1 amide bonds. The molecule has 1 aromatic carbocycles. The molecule has 0 saturated carbocycles. The van der Waals surface area contributed by atoms with E-state index in [1.165, 1.54) is 0 Å². The van der Waals surface area contributed by atoms with Crippen LogP contribution < -0.4 is 10.4 Å². The number of hydrogen-bond donors (Lipinski definition) is 1. The molecule has 0 unspecified atom stereocenters. The molecular formula is C26H29N7O2. The van der Waals surface area contributed by atoms with E-state index in [9.17, 15) is 4.79 Å². The number of hydrogen-bond acceptors (Lipinski definition) is 5. The molecule has 3 aromatic heterocycles. The van der Waals surface area contributed by atoms with E-state index in [1.807, 2.05) is 65.9 Å². The Morgan fingerprint density at radius 2 is 1.89 bits per heavy atom. The molecule has 0 fully saturated rings. The van der Waals surface area contributed by atoms with Crippen molar-refractivity contribution in [3.05, 3.63) is 82.7 Å². The number of nitrogens with one attached hydrogen (secondary N) is 1. The molecule has 0 atom stereocenters. The zero-order valence-corrected chi connectivity index (χ0v) is 20.4. The van der Waals surface area contributed by atoms with Crippen LogP contribution in [0, 0.1) is 12.3 Å². The van der Waals surface area contributed by atoms with Crippen molar-refractivity contribution >= 4 is 5.91 Å². The third-order valence-corrected chi connectivity index (χ3v) is 6.57. The maximum Gasteiger partial charge on any atom is 0.254 e. The number of fused-ring (bicyclic) bond motifs is 1. The first kappa shape index (κ1) is 22.6. The fraction of sp³-hybridized carbons (Fsp3) is 0.308. The lowest BCUT2D eigenvalue weighted by Crippen LogP contribution is -2.37. The van der Waals surface area contributed by atoms with E-state index in [4.69, 9.17) is 10.1 Å². The number of carbonyl (C=O) groups is 1. The lowest BCUT2D eigenvalue weighted by Gasteiger charge is -2.30. The van der Waals surface area contributed by atoms with Gasteiger partial charge in [-0.2, -0.15) is 5.10 Å². The Hall–Kier alpha value is -4.14. The zero-order chi connectivity index (χ0) is 24.7. The number of rotatable bonds is 6. The molecule has 1 aliphatic rings. The summed E-state index contributed by atoms with van der Waals surface area (Å²) in [6, 6.07) is 7.80. The normalized spacial score (nSPS) is 13.3. The number of aryl methyl sites for hydroxylation is 3. The first-order chi connectivity index (χ1) is 16.8. The van der Waals surface area contributed by atoms with Gasteiger partial charge in [-0.3, -0.25) is 19.9 Å². The highest BCUT2D eigenvalue weighted by molar-refractivity contribution is 5.99. The Bertz CT molecular complexity index is 1480. The van der Waals surface area contributed by atoms with Crippen LogP contribution in [-0.4, -0.2) is 48.4 Å². The van der Waals surface area contributed by atoms with Gasteiger partial charge >= 0.3 is 0 Å². The first-order valence-corrected chi connectivity index (χ1v) is 11.5. The van der Waals surface area contributed by atoms with Gasteiger partial charge in [-0.05, 0) is 48.2 Å². The van der Waals surface area contributed by atoms with E-state index >= 15 is 0 Å². The largest absolute Gasteiger partial charge is 0.497 e. The predicted molar refractivity (Wildman–Crippen MR) is 131 cm³/mol.